The highest BCUT2D eigenvalue weighted by atomic mass is 16.6. The Morgan fingerprint density at radius 3 is 2.82 bits per heavy atom. The zero-order valence-corrected chi connectivity index (χ0v) is 9.43. The minimum Gasteiger partial charge on any atom is -0.351 e. The lowest BCUT2D eigenvalue weighted by atomic mass is 10.1. The Kier molecular flexibility index (Phi) is 3.81. The van der Waals surface area contributed by atoms with Gasteiger partial charge in [0, 0.05) is 6.04 Å². The lowest BCUT2D eigenvalue weighted by Gasteiger charge is -2.15. The van der Waals surface area contributed by atoms with Crippen molar-refractivity contribution in [1.82, 2.24) is 15.3 Å². The number of nitrogens with zero attached hydrogens (tertiary/aromatic N) is 3. The van der Waals surface area contributed by atoms with Crippen LogP contribution in [0.5, 0.6) is 0 Å². The van der Waals surface area contributed by atoms with Gasteiger partial charge in [-0.2, -0.15) is 0 Å². The molecule has 92 valence electrons. The van der Waals surface area contributed by atoms with Gasteiger partial charge in [-0.15, -0.1) is 0 Å². The monoisotopic (exact) mass is 237 g/mol. The standard InChI is InChI=1S/C10H15N5O2/c16-15(17)9-6-12-10(13-7-9)14-8-2-1-4-11-5-3-8/h6-8,11H,1-5H2,(H,12,13,14). The molecular weight excluding hydrogens is 222 g/mol. The molecule has 0 aliphatic carbocycles. The molecule has 2 N–H and O–H groups in total. The fourth-order valence-corrected chi connectivity index (χ4v) is 1.84. The molecule has 1 aromatic rings. The maximum absolute atomic E-state index is 10.4. The Bertz CT molecular complexity index is 373. The normalized spacial score (nSPS) is 20.6. The minimum atomic E-state index is -0.501. The van der Waals surface area contributed by atoms with Crippen LogP contribution in [-0.4, -0.2) is 34.0 Å². The third-order valence-corrected chi connectivity index (χ3v) is 2.76. The van der Waals surface area contributed by atoms with Gasteiger partial charge in [-0.1, -0.05) is 0 Å². The first-order chi connectivity index (χ1) is 8.25. The van der Waals surface area contributed by atoms with Gasteiger partial charge < -0.3 is 10.6 Å². The summed E-state index contributed by atoms with van der Waals surface area (Å²) in [5.41, 5.74) is -0.0851. The third-order valence-electron chi connectivity index (χ3n) is 2.76. The van der Waals surface area contributed by atoms with E-state index in [2.05, 4.69) is 20.6 Å². The fraction of sp³-hybridized carbons (Fsp3) is 0.600. The Labute approximate surface area is 98.8 Å². The molecule has 17 heavy (non-hydrogen) atoms. The van der Waals surface area contributed by atoms with Crippen LogP contribution >= 0.6 is 0 Å². The maximum Gasteiger partial charge on any atom is 0.305 e. The van der Waals surface area contributed by atoms with Gasteiger partial charge in [0.25, 0.3) is 0 Å². The first-order valence-electron chi connectivity index (χ1n) is 5.69. The lowest BCUT2D eigenvalue weighted by molar-refractivity contribution is -0.385. The second-order valence-corrected chi connectivity index (χ2v) is 4.04. The number of nitrogens with one attached hydrogen (secondary N) is 2. The van der Waals surface area contributed by atoms with Crippen molar-refractivity contribution in [1.29, 1.82) is 0 Å². The average Bonchev–Trinajstić information content (AvgIpc) is 2.58. The van der Waals surface area contributed by atoms with Gasteiger partial charge in [-0.05, 0) is 32.4 Å². The van der Waals surface area contributed by atoms with Crippen molar-refractivity contribution in [2.45, 2.75) is 25.3 Å². The van der Waals surface area contributed by atoms with Crippen LogP contribution in [0.4, 0.5) is 11.6 Å². The fourth-order valence-electron chi connectivity index (χ4n) is 1.84. The molecule has 7 nitrogen and oxygen atoms in total. The molecule has 1 aliphatic heterocycles. The van der Waals surface area contributed by atoms with Gasteiger partial charge in [0.2, 0.25) is 5.95 Å². The quantitative estimate of drug-likeness (QED) is 0.600. The van der Waals surface area contributed by atoms with E-state index in [1.165, 1.54) is 12.4 Å². The lowest BCUT2D eigenvalue weighted by Crippen LogP contribution is -2.22. The molecule has 7 heteroatoms. The van der Waals surface area contributed by atoms with Gasteiger partial charge >= 0.3 is 5.69 Å². The Morgan fingerprint density at radius 2 is 2.12 bits per heavy atom. The molecule has 1 atom stereocenters. The molecule has 1 saturated heterocycles. The van der Waals surface area contributed by atoms with Crippen molar-refractivity contribution in [2.75, 3.05) is 18.4 Å². The molecule has 1 aliphatic rings. The molecular formula is C10H15N5O2. The number of hydrogen-bond donors (Lipinski definition) is 2. The van der Waals surface area contributed by atoms with E-state index in [1.807, 2.05) is 0 Å². The van der Waals surface area contributed by atoms with Crippen molar-refractivity contribution in [3.63, 3.8) is 0 Å². The number of aromatic nitrogens is 2. The summed E-state index contributed by atoms with van der Waals surface area (Å²) in [5, 5.41) is 17.0. The summed E-state index contributed by atoms with van der Waals surface area (Å²) < 4.78 is 0. The van der Waals surface area contributed by atoms with Crippen molar-refractivity contribution in [3.05, 3.63) is 22.5 Å². The molecule has 1 fully saturated rings. The Morgan fingerprint density at radius 1 is 1.35 bits per heavy atom. The number of rotatable bonds is 3. The number of anilines is 1. The van der Waals surface area contributed by atoms with Crippen molar-refractivity contribution < 1.29 is 4.92 Å². The van der Waals surface area contributed by atoms with E-state index in [-0.39, 0.29) is 5.69 Å². The molecule has 0 bridgehead atoms. The van der Waals surface area contributed by atoms with Crippen molar-refractivity contribution in [2.24, 2.45) is 0 Å². The second kappa shape index (κ2) is 5.53. The topological polar surface area (TPSA) is 93.0 Å². The van der Waals surface area contributed by atoms with E-state index in [9.17, 15) is 10.1 Å². The highest BCUT2D eigenvalue weighted by Gasteiger charge is 2.13. The summed E-state index contributed by atoms with van der Waals surface area (Å²) in [7, 11) is 0. The van der Waals surface area contributed by atoms with Crippen LogP contribution < -0.4 is 10.6 Å². The molecule has 2 rings (SSSR count). The molecule has 0 radical (unpaired) electrons. The zero-order chi connectivity index (χ0) is 12.1. The first-order valence-corrected chi connectivity index (χ1v) is 5.69. The third kappa shape index (κ3) is 3.35. The summed E-state index contributed by atoms with van der Waals surface area (Å²) in [6.07, 6.45) is 5.65. The molecule has 0 amide bonds. The summed E-state index contributed by atoms with van der Waals surface area (Å²) >= 11 is 0. The minimum absolute atomic E-state index is 0.0851. The highest BCUT2D eigenvalue weighted by Crippen LogP contribution is 2.12. The van der Waals surface area contributed by atoms with Gasteiger partial charge in [-0.25, -0.2) is 9.97 Å². The SMILES string of the molecule is O=[N+]([O-])c1cnc(NC2CCCNCC2)nc1. The number of nitro groups is 1. The van der Waals surface area contributed by atoms with E-state index >= 15 is 0 Å². The summed E-state index contributed by atoms with van der Waals surface area (Å²) in [5.74, 6) is 0.461. The Hall–Kier alpha value is -1.76. The van der Waals surface area contributed by atoms with Crippen LogP contribution in [0.25, 0.3) is 0 Å². The summed E-state index contributed by atoms with van der Waals surface area (Å²) in [6.45, 7) is 2.02. The van der Waals surface area contributed by atoms with Crippen molar-refractivity contribution >= 4 is 11.6 Å². The van der Waals surface area contributed by atoms with Crippen LogP contribution in [0.1, 0.15) is 19.3 Å². The van der Waals surface area contributed by atoms with Crippen LogP contribution in [0, 0.1) is 10.1 Å². The second-order valence-electron chi connectivity index (χ2n) is 4.04. The van der Waals surface area contributed by atoms with Gasteiger partial charge in [0.05, 0.1) is 4.92 Å². The molecule has 0 saturated carbocycles. The largest absolute Gasteiger partial charge is 0.351 e. The summed E-state index contributed by atoms with van der Waals surface area (Å²) in [6, 6.07) is 0.339. The van der Waals surface area contributed by atoms with Gasteiger partial charge in [-0.3, -0.25) is 10.1 Å². The van der Waals surface area contributed by atoms with E-state index in [1.54, 1.807) is 0 Å². The van der Waals surface area contributed by atoms with E-state index < -0.39 is 4.92 Å². The van der Waals surface area contributed by atoms with Crippen LogP contribution in [0.3, 0.4) is 0 Å². The molecule has 2 heterocycles. The maximum atomic E-state index is 10.4. The highest BCUT2D eigenvalue weighted by molar-refractivity contribution is 5.31. The smallest absolute Gasteiger partial charge is 0.305 e. The summed E-state index contributed by atoms with van der Waals surface area (Å²) in [4.78, 5) is 17.8. The van der Waals surface area contributed by atoms with Crippen LogP contribution in [0.15, 0.2) is 12.4 Å². The van der Waals surface area contributed by atoms with Crippen molar-refractivity contribution in [3.8, 4) is 0 Å². The Balaban J connectivity index is 1.95. The predicted molar refractivity (Wildman–Crippen MR) is 62.8 cm³/mol. The van der Waals surface area contributed by atoms with E-state index in [0.29, 0.717) is 12.0 Å². The molecule has 0 spiro atoms. The average molecular weight is 237 g/mol. The van der Waals surface area contributed by atoms with E-state index in [4.69, 9.17) is 0 Å². The molecule has 1 unspecified atom stereocenters. The number of hydrogen-bond acceptors (Lipinski definition) is 6. The zero-order valence-electron chi connectivity index (χ0n) is 9.43. The van der Waals surface area contributed by atoms with Gasteiger partial charge in [0.1, 0.15) is 12.4 Å². The first kappa shape index (κ1) is 11.7. The van der Waals surface area contributed by atoms with Crippen LogP contribution in [0.2, 0.25) is 0 Å². The molecule has 1 aromatic heterocycles. The predicted octanol–water partition coefficient (Wildman–Crippen LogP) is 0.939. The van der Waals surface area contributed by atoms with Gasteiger partial charge in [0.15, 0.2) is 0 Å². The van der Waals surface area contributed by atoms with Crippen LogP contribution in [-0.2, 0) is 0 Å². The van der Waals surface area contributed by atoms with E-state index in [0.717, 1.165) is 32.4 Å². The molecule has 0 aromatic carbocycles.